The third kappa shape index (κ3) is 5.48. The standard InChI is InChI=1S/C27H38N2O2/c1-18(2)23-9-11-24(12-10-23)27(30)28-16-22-8-7-15-29(17-22)21(5)25-13-14-26(31-6)20(4)19(25)3/h9-14,18,21-22H,7-8,15-17H2,1-6H3,(H,28,30). The molecule has 2 aromatic carbocycles. The van der Waals surface area contributed by atoms with Crippen LogP contribution in [-0.2, 0) is 0 Å². The quantitative estimate of drug-likeness (QED) is 0.628. The number of hydrogen-bond acceptors (Lipinski definition) is 3. The van der Waals surface area contributed by atoms with Gasteiger partial charge < -0.3 is 10.1 Å². The number of rotatable bonds is 7. The van der Waals surface area contributed by atoms with Crippen molar-refractivity contribution in [3.8, 4) is 5.75 Å². The Labute approximate surface area is 188 Å². The molecule has 1 fully saturated rings. The lowest BCUT2D eigenvalue weighted by molar-refractivity contribution is 0.0917. The van der Waals surface area contributed by atoms with E-state index < -0.39 is 0 Å². The first kappa shape index (κ1) is 23.3. The average Bonchev–Trinajstić information content (AvgIpc) is 2.79. The van der Waals surface area contributed by atoms with Crippen molar-refractivity contribution in [2.24, 2.45) is 5.92 Å². The summed E-state index contributed by atoms with van der Waals surface area (Å²) in [5, 5.41) is 3.17. The fraction of sp³-hybridized carbons (Fsp3) is 0.519. The number of benzene rings is 2. The maximum Gasteiger partial charge on any atom is 0.251 e. The topological polar surface area (TPSA) is 41.6 Å². The van der Waals surface area contributed by atoms with Crippen LogP contribution in [0.4, 0.5) is 0 Å². The molecule has 2 atom stereocenters. The van der Waals surface area contributed by atoms with Gasteiger partial charge in [0.05, 0.1) is 7.11 Å². The van der Waals surface area contributed by atoms with E-state index in [0.717, 1.165) is 37.4 Å². The highest BCUT2D eigenvalue weighted by Gasteiger charge is 2.26. The Kier molecular flexibility index (Phi) is 7.77. The second kappa shape index (κ2) is 10.3. The number of hydrogen-bond donors (Lipinski definition) is 1. The zero-order valence-electron chi connectivity index (χ0n) is 20.0. The third-order valence-corrected chi connectivity index (χ3v) is 6.94. The summed E-state index contributed by atoms with van der Waals surface area (Å²) >= 11 is 0. The SMILES string of the molecule is COc1ccc(C(C)N2CCCC(CNC(=O)c3ccc(C(C)C)cc3)C2)c(C)c1C. The number of amides is 1. The van der Waals surface area contributed by atoms with Crippen molar-refractivity contribution in [2.75, 3.05) is 26.7 Å². The highest BCUT2D eigenvalue weighted by atomic mass is 16.5. The second-order valence-electron chi connectivity index (χ2n) is 9.27. The van der Waals surface area contributed by atoms with Crippen molar-refractivity contribution in [3.63, 3.8) is 0 Å². The number of piperidine rings is 1. The molecule has 168 valence electrons. The van der Waals surface area contributed by atoms with Gasteiger partial charge >= 0.3 is 0 Å². The van der Waals surface area contributed by atoms with Gasteiger partial charge in [-0.1, -0.05) is 32.0 Å². The van der Waals surface area contributed by atoms with Crippen molar-refractivity contribution < 1.29 is 9.53 Å². The molecule has 0 bridgehead atoms. The minimum Gasteiger partial charge on any atom is -0.496 e. The van der Waals surface area contributed by atoms with Crippen LogP contribution in [0.25, 0.3) is 0 Å². The molecule has 1 N–H and O–H groups in total. The van der Waals surface area contributed by atoms with Crippen LogP contribution in [0.1, 0.15) is 78.2 Å². The molecule has 3 rings (SSSR count). The summed E-state index contributed by atoms with van der Waals surface area (Å²) in [6, 6.07) is 12.6. The van der Waals surface area contributed by atoms with Gasteiger partial charge in [0.25, 0.3) is 5.91 Å². The number of ether oxygens (including phenoxy) is 1. The minimum absolute atomic E-state index is 0.0297. The van der Waals surface area contributed by atoms with Gasteiger partial charge in [0.2, 0.25) is 0 Å². The van der Waals surface area contributed by atoms with Gasteiger partial charge in [0.1, 0.15) is 5.75 Å². The predicted octanol–water partition coefficient (Wildman–Crippen LogP) is 5.64. The van der Waals surface area contributed by atoms with Crippen LogP contribution in [0, 0.1) is 19.8 Å². The number of nitrogens with zero attached hydrogens (tertiary/aromatic N) is 1. The van der Waals surface area contributed by atoms with Gasteiger partial charge in [-0.05, 0) is 92.4 Å². The van der Waals surface area contributed by atoms with Crippen LogP contribution in [0.2, 0.25) is 0 Å². The van der Waals surface area contributed by atoms with E-state index in [1.165, 1.54) is 28.7 Å². The molecule has 0 saturated carbocycles. The van der Waals surface area contributed by atoms with Crippen molar-refractivity contribution in [1.29, 1.82) is 0 Å². The first-order valence-electron chi connectivity index (χ1n) is 11.6. The van der Waals surface area contributed by atoms with Gasteiger partial charge in [0, 0.05) is 24.7 Å². The third-order valence-electron chi connectivity index (χ3n) is 6.94. The summed E-state index contributed by atoms with van der Waals surface area (Å²) in [5.41, 5.74) is 5.91. The number of methoxy groups -OCH3 is 1. The number of nitrogens with one attached hydrogen (secondary N) is 1. The average molecular weight is 423 g/mol. The first-order valence-corrected chi connectivity index (χ1v) is 11.6. The summed E-state index contributed by atoms with van der Waals surface area (Å²) in [7, 11) is 1.73. The molecule has 4 nitrogen and oxygen atoms in total. The number of carbonyl (C=O) groups is 1. The summed E-state index contributed by atoms with van der Waals surface area (Å²) < 4.78 is 5.48. The highest BCUT2D eigenvalue weighted by molar-refractivity contribution is 5.94. The summed E-state index contributed by atoms with van der Waals surface area (Å²) in [6.45, 7) is 13.8. The maximum atomic E-state index is 12.6. The summed E-state index contributed by atoms with van der Waals surface area (Å²) in [4.78, 5) is 15.2. The normalized spacial score (nSPS) is 18.1. The van der Waals surface area contributed by atoms with Crippen molar-refractivity contribution in [2.45, 2.75) is 59.4 Å². The zero-order valence-corrected chi connectivity index (χ0v) is 20.0. The lowest BCUT2D eigenvalue weighted by atomic mass is 9.92. The lowest BCUT2D eigenvalue weighted by Gasteiger charge is -2.38. The van der Waals surface area contributed by atoms with E-state index in [-0.39, 0.29) is 5.91 Å². The summed E-state index contributed by atoms with van der Waals surface area (Å²) in [6.07, 6.45) is 2.33. The van der Waals surface area contributed by atoms with Gasteiger partial charge in [-0.2, -0.15) is 0 Å². The largest absolute Gasteiger partial charge is 0.496 e. The van der Waals surface area contributed by atoms with Crippen molar-refractivity contribution in [1.82, 2.24) is 10.2 Å². The minimum atomic E-state index is 0.0297. The van der Waals surface area contributed by atoms with E-state index in [2.05, 4.69) is 69.1 Å². The second-order valence-corrected chi connectivity index (χ2v) is 9.27. The van der Waals surface area contributed by atoms with Gasteiger partial charge in [-0.25, -0.2) is 0 Å². The van der Waals surface area contributed by atoms with Crippen molar-refractivity contribution >= 4 is 5.91 Å². The fourth-order valence-corrected chi connectivity index (χ4v) is 4.66. The van der Waals surface area contributed by atoms with Crippen LogP contribution < -0.4 is 10.1 Å². The molecular formula is C27H38N2O2. The molecular weight excluding hydrogens is 384 g/mol. The Hall–Kier alpha value is -2.33. The van der Waals surface area contributed by atoms with Crippen LogP contribution >= 0.6 is 0 Å². The maximum absolute atomic E-state index is 12.6. The van der Waals surface area contributed by atoms with E-state index >= 15 is 0 Å². The molecule has 0 spiro atoms. The molecule has 2 aromatic rings. The fourth-order valence-electron chi connectivity index (χ4n) is 4.66. The molecule has 1 aliphatic heterocycles. The molecule has 1 heterocycles. The smallest absolute Gasteiger partial charge is 0.251 e. The molecule has 4 heteroatoms. The monoisotopic (exact) mass is 422 g/mol. The van der Waals surface area contributed by atoms with Gasteiger partial charge in [0.15, 0.2) is 0 Å². The highest BCUT2D eigenvalue weighted by Crippen LogP contribution is 2.32. The Morgan fingerprint density at radius 1 is 1.10 bits per heavy atom. The van der Waals surface area contributed by atoms with E-state index in [0.29, 0.717) is 17.9 Å². The summed E-state index contributed by atoms with van der Waals surface area (Å²) in [5.74, 6) is 1.94. The molecule has 31 heavy (non-hydrogen) atoms. The Bertz CT molecular complexity index is 889. The van der Waals surface area contributed by atoms with Crippen LogP contribution in [0.3, 0.4) is 0 Å². The molecule has 0 aliphatic carbocycles. The van der Waals surface area contributed by atoms with E-state index in [1.54, 1.807) is 7.11 Å². The molecule has 1 aliphatic rings. The van der Waals surface area contributed by atoms with Gasteiger partial charge in [-0.15, -0.1) is 0 Å². The van der Waals surface area contributed by atoms with Crippen LogP contribution in [-0.4, -0.2) is 37.6 Å². The number of likely N-dealkylation sites (tertiary alicyclic amines) is 1. The van der Waals surface area contributed by atoms with Crippen molar-refractivity contribution in [3.05, 3.63) is 64.2 Å². The van der Waals surface area contributed by atoms with E-state index in [4.69, 9.17) is 4.74 Å². The molecule has 2 unspecified atom stereocenters. The van der Waals surface area contributed by atoms with Crippen LogP contribution in [0.15, 0.2) is 36.4 Å². The van der Waals surface area contributed by atoms with E-state index in [9.17, 15) is 4.79 Å². The predicted molar refractivity (Wildman–Crippen MR) is 128 cm³/mol. The Morgan fingerprint density at radius 2 is 1.81 bits per heavy atom. The van der Waals surface area contributed by atoms with Crippen LogP contribution in [0.5, 0.6) is 5.75 Å². The molecule has 0 aromatic heterocycles. The molecule has 1 saturated heterocycles. The molecule has 0 radical (unpaired) electrons. The molecule has 1 amide bonds. The first-order chi connectivity index (χ1) is 14.8. The Balaban J connectivity index is 1.59. The zero-order chi connectivity index (χ0) is 22.5. The van der Waals surface area contributed by atoms with Gasteiger partial charge in [-0.3, -0.25) is 9.69 Å². The van der Waals surface area contributed by atoms with E-state index in [1.807, 2.05) is 12.1 Å². The Morgan fingerprint density at radius 3 is 2.45 bits per heavy atom. The lowest BCUT2D eigenvalue weighted by Crippen LogP contribution is -2.42. The number of carbonyl (C=O) groups excluding carboxylic acids is 1.